The van der Waals surface area contributed by atoms with Crippen LogP contribution in [0.1, 0.15) is 19.8 Å². The van der Waals surface area contributed by atoms with E-state index in [0.29, 0.717) is 5.92 Å². The van der Waals surface area contributed by atoms with Gasteiger partial charge in [-0.25, -0.2) is 0 Å². The Morgan fingerprint density at radius 2 is 2.09 bits per heavy atom. The first kappa shape index (κ1) is 9.16. The predicted molar refractivity (Wildman–Crippen MR) is 44.0 cm³/mol. The Bertz CT molecular complexity index is 145. The van der Waals surface area contributed by atoms with Gasteiger partial charge in [-0.05, 0) is 31.8 Å². The van der Waals surface area contributed by atoms with E-state index in [-0.39, 0.29) is 5.25 Å². The second-order valence-corrected chi connectivity index (χ2v) is 4.32. The number of hydrogen-bond acceptors (Lipinski definition) is 3. The molecule has 0 saturated carbocycles. The van der Waals surface area contributed by atoms with Gasteiger partial charge in [0.15, 0.2) is 0 Å². The summed E-state index contributed by atoms with van der Waals surface area (Å²) in [5.74, 6) is 0.370. The standard InChI is InChI=1S/C7H15NO2S/c1-6(11(9)10)7-2-4-8-5-3-7/h6-8H,2-5H2,1H3,(H,9,10)/p-1. The Morgan fingerprint density at radius 3 is 2.55 bits per heavy atom. The molecule has 0 radical (unpaired) electrons. The van der Waals surface area contributed by atoms with Crippen molar-refractivity contribution in [3.63, 3.8) is 0 Å². The third-order valence-electron chi connectivity index (χ3n) is 2.35. The first-order chi connectivity index (χ1) is 5.22. The van der Waals surface area contributed by atoms with Crippen LogP contribution in [0.5, 0.6) is 0 Å². The van der Waals surface area contributed by atoms with E-state index in [1.165, 1.54) is 0 Å². The van der Waals surface area contributed by atoms with Crippen LogP contribution in [0, 0.1) is 5.92 Å². The molecule has 1 N–H and O–H groups in total. The molecule has 4 heteroatoms. The van der Waals surface area contributed by atoms with Gasteiger partial charge in [-0.15, -0.1) is 0 Å². The molecular weight excluding hydrogens is 162 g/mol. The van der Waals surface area contributed by atoms with Crippen molar-refractivity contribution in [2.24, 2.45) is 5.92 Å². The van der Waals surface area contributed by atoms with Crippen molar-refractivity contribution in [3.05, 3.63) is 0 Å². The summed E-state index contributed by atoms with van der Waals surface area (Å²) in [5, 5.41) is 3.04. The van der Waals surface area contributed by atoms with Gasteiger partial charge >= 0.3 is 0 Å². The Hall–Kier alpha value is 0.0700. The summed E-state index contributed by atoms with van der Waals surface area (Å²) in [6.45, 7) is 3.72. The topological polar surface area (TPSA) is 52.2 Å². The zero-order valence-electron chi connectivity index (χ0n) is 6.71. The molecule has 1 fully saturated rings. The smallest absolute Gasteiger partial charge is 0.0216 e. The first-order valence-electron chi connectivity index (χ1n) is 4.00. The van der Waals surface area contributed by atoms with E-state index in [9.17, 15) is 8.76 Å². The summed E-state index contributed by atoms with van der Waals surface area (Å²) in [6, 6.07) is 0. The van der Waals surface area contributed by atoms with Gasteiger partial charge < -0.3 is 9.87 Å². The van der Waals surface area contributed by atoms with E-state index in [1.807, 2.05) is 0 Å². The molecule has 1 aliphatic rings. The molecule has 0 aromatic rings. The fourth-order valence-electron chi connectivity index (χ4n) is 1.47. The Balaban J connectivity index is 2.38. The van der Waals surface area contributed by atoms with Gasteiger partial charge in [-0.2, -0.15) is 0 Å². The van der Waals surface area contributed by atoms with E-state index in [0.717, 1.165) is 25.9 Å². The highest BCUT2D eigenvalue weighted by Crippen LogP contribution is 2.18. The first-order valence-corrected chi connectivity index (χ1v) is 5.14. The van der Waals surface area contributed by atoms with Crippen LogP contribution < -0.4 is 5.32 Å². The molecule has 3 nitrogen and oxygen atoms in total. The third kappa shape index (κ3) is 2.54. The van der Waals surface area contributed by atoms with Crippen LogP contribution in [-0.4, -0.2) is 27.1 Å². The van der Waals surface area contributed by atoms with E-state index >= 15 is 0 Å². The summed E-state index contributed by atoms with van der Waals surface area (Å²) in [6.07, 6.45) is 1.99. The molecule has 11 heavy (non-hydrogen) atoms. The number of hydrogen-bond donors (Lipinski definition) is 1. The van der Waals surface area contributed by atoms with Gasteiger partial charge in [0.25, 0.3) is 0 Å². The summed E-state index contributed by atoms with van der Waals surface area (Å²) in [7, 11) is 0. The van der Waals surface area contributed by atoms with Crippen molar-refractivity contribution in [2.45, 2.75) is 25.0 Å². The average Bonchev–Trinajstić information content (AvgIpc) is 2.05. The predicted octanol–water partition coefficient (Wildman–Crippen LogP) is 0.254. The summed E-state index contributed by atoms with van der Waals surface area (Å²) >= 11 is -1.89. The molecule has 1 aliphatic heterocycles. The molecule has 0 amide bonds. The number of nitrogens with one attached hydrogen (secondary N) is 1. The fourth-order valence-corrected chi connectivity index (χ4v) is 2.06. The molecule has 0 aliphatic carbocycles. The largest absolute Gasteiger partial charge is 0.772 e. The van der Waals surface area contributed by atoms with Gasteiger partial charge in [-0.3, -0.25) is 4.21 Å². The number of rotatable bonds is 2. The lowest BCUT2D eigenvalue weighted by molar-refractivity contribution is 0.359. The molecule has 0 bridgehead atoms. The molecule has 0 spiro atoms. The highest BCUT2D eigenvalue weighted by Gasteiger charge is 2.19. The van der Waals surface area contributed by atoms with Crippen LogP contribution >= 0.6 is 0 Å². The van der Waals surface area contributed by atoms with Crippen molar-refractivity contribution in [1.29, 1.82) is 0 Å². The molecule has 2 unspecified atom stereocenters. The van der Waals surface area contributed by atoms with Crippen LogP contribution in [0.3, 0.4) is 0 Å². The minimum atomic E-state index is -1.89. The minimum Gasteiger partial charge on any atom is -0.772 e. The SMILES string of the molecule is CC(C1CCNCC1)S(=O)[O-]. The maximum atomic E-state index is 10.6. The summed E-state index contributed by atoms with van der Waals surface area (Å²) < 4.78 is 21.2. The molecule has 1 rings (SSSR count). The van der Waals surface area contributed by atoms with E-state index in [4.69, 9.17) is 0 Å². The molecule has 1 saturated heterocycles. The number of piperidine rings is 1. The maximum absolute atomic E-state index is 10.6. The Morgan fingerprint density at radius 1 is 1.55 bits per heavy atom. The average molecular weight is 176 g/mol. The molecule has 0 aromatic heterocycles. The molecule has 66 valence electrons. The molecule has 0 aromatic carbocycles. The van der Waals surface area contributed by atoms with Crippen LogP contribution in [0.2, 0.25) is 0 Å². The second kappa shape index (κ2) is 4.18. The summed E-state index contributed by atoms with van der Waals surface area (Å²) in [5.41, 5.74) is 0. The van der Waals surface area contributed by atoms with Crippen molar-refractivity contribution < 1.29 is 8.76 Å². The van der Waals surface area contributed by atoms with Crippen molar-refractivity contribution in [1.82, 2.24) is 5.32 Å². The zero-order valence-corrected chi connectivity index (χ0v) is 7.52. The van der Waals surface area contributed by atoms with Crippen molar-refractivity contribution >= 4 is 11.1 Å². The van der Waals surface area contributed by atoms with E-state index < -0.39 is 11.1 Å². The van der Waals surface area contributed by atoms with Crippen molar-refractivity contribution in [3.8, 4) is 0 Å². The minimum absolute atomic E-state index is 0.169. The van der Waals surface area contributed by atoms with E-state index in [2.05, 4.69) is 5.32 Å². The van der Waals surface area contributed by atoms with Gasteiger partial charge in [0.2, 0.25) is 0 Å². The van der Waals surface area contributed by atoms with Gasteiger partial charge in [0, 0.05) is 5.25 Å². The molecule has 1 heterocycles. The van der Waals surface area contributed by atoms with Gasteiger partial charge in [0.05, 0.1) is 0 Å². The Labute approximate surface area is 69.9 Å². The fraction of sp³-hybridized carbons (Fsp3) is 1.00. The lowest BCUT2D eigenvalue weighted by Gasteiger charge is -2.29. The van der Waals surface area contributed by atoms with Crippen molar-refractivity contribution in [2.75, 3.05) is 13.1 Å². The highest BCUT2D eigenvalue weighted by molar-refractivity contribution is 7.79. The zero-order chi connectivity index (χ0) is 8.27. The maximum Gasteiger partial charge on any atom is 0.0216 e. The monoisotopic (exact) mass is 176 g/mol. The van der Waals surface area contributed by atoms with Gasteiger partial charge in [-0.1, -0.05) is 18.0 Å². The Kier molecular flexibility index (Phi) is 3.48. The van der Waals surface area contributed by atoms with Crippen LogP contribution in [0.15, 0.2) is 0 Å². The van der Waals surface area contributed by atoms with Crippen LogP contribution in [-0.2, 0) is 11.1 Å². The second-order valence-electron chi connectivity index (χ2n) is 3.05. The summed E-state index contributed by atoms with van der Waals surface area (Å²) in [4.78, 5) is 0. The normalized spacial score (nSPS) is 26.4. The third-order valence-corrected chi connectivity index (χ3v) is 3.34. The lowest BCUT2D eigenvalue weighted by atomic mass is 9.95. The van der Waals surface area contributed by atoms with E-state index in [1.54, 1.807) is 6.92 Å². The highest BCUT2D eigenvalue weighted by atomic mass is 32.2. The van der Waals surface area contributed by atoms with Crippen LogP contribution in [0.25, 0.3) is 0 Å². The van der Waals surface area contributed by atoms with Crippen LogP contribution in [0.4, 0.5) is 0 Å². The lowest BCUT2D eigenvalue weighted by Crippen LogP contribution is -2.34. The molecule has 2 atom stereocenters. The van der Waals surface area contributed by atoms with Gasteiger partial charge in [0.1, 0.15) is 0 Å². The molecular formula is C7H14NO2S-. The quantitative estimate of drug-likeness (QED) is 0.614.